The van der Waals surface area contributed by atoms with Crippen LogP contribution in [0.4, 0.5) is 5.69 Å². The molecule has 0 radical (unpaired) electrons. The number of amides is 2. The fraction of sp³-hybridized carbons (Fsp3) is 0.0625. The number of carbonyl (C=O) groups excluding carboxylic acids is 2. The molecular weight excluding hydrogens is 439 g/mol. The van der Waals surface area contributed by atoms with Gasteiger partial charge in [0, 0.05) is 9.64 Å². The van der Waals surface area contributed by atoms with Crippen LogP contribution in [0.25, 0.3) is 0 Å². The van der Waals surface area contributed by atoms with Crippen LogP contribution in [0.3, 0.4) is 0 Å². The number of para-hydroxylation sites is 1. The van der Waals surface area contributed by atoms with Gasteiger partial charge in [-0.15, -0.1) is 0 Å². The first kappa shape index (κ1) is 18.5. The summed E-state index contributed by atoms with van der Waals surface area (Å²) in [5.41, 5.74) is 2.82. The summed E-state index contributed by atoms with van der Waals surface area (Å²) >= 11 is 2.03. The minimum Gasteiger partial charge on any atom is -0.343 e. The summed E-state index contributed by atoms with van der Waals surface area (Å²) in [4.78, 5) is 34.0. The van der Waals surface area contributed by atoms with Crippen molar-refractivity contribution < 1.29 is 14.5 Å². The van der Waals surface area contributed by atoms with Gasteiger partial charge in [0.25, 0.3) is 17.5 Å². The van der Waals surface area contributed by atoms with Crippen LogP contribution in [0.2, 0.25) is 0 Å². The van der Waals surface area contributed by atoms with E-state index in [4.69, 9.17) is 0 Å². The molecule has 2 N–H and O–H groups in total. The molecule has 25 heavy (non-hydrogen) atoms. The second-order valence-corrected chi connectivity index (χ2v) is 5.93. The van der Waals surface area contributed by atoms with Crippen LogP contribution < -0.4 is 10.7 Å². The van der Waals surface area contributed by atoms with Gasteiger partial charge in [0.1, 0.15) is 0 Å². The summed E-state index contributed by atoms with van der Waals surface area (Å²) in [6.45, 7) is -0.266. The van der Waals surface area contributed by atoms with Gasteiger partial charge in [-0.3, -0.25) is 19.7 Å². The maximum Gasteiger partial charge on any atom is 0.278 e. The SMILES string of the molecule is O=C(CNC(=O)c1ccccc1I)NN=Cc1ccccc1[N+](=O)[O-]. The summed E-state index contributed by atoms with van der Waals surface area (Å²) in [7, 11) is 0. The molecule has 128 valence electrons. The molecule has 0 aromatic heterocycles. The van der Waals surface area contributed by atoms with E-state index in [2.05, 4.69) is 15.8 Å². The van der Waals surface area contributed by atoms with Crippen molar-refractivity contribution in [3.63, 3.8) is 0 Å². The molecule has 2 aromatic rings. The Morgan fingerprint density at radius 3 is 2.56 bits per heavy atom. The minimum atomic E-state index is -0.547. The van der Waals surface area contributed by atoms with Crippen molar-refractivity contribution in [3.8, 4) is 0 Å². The quantitative estimate of drug-likeness (QED) is 0.302. The predicted octanol–water partition coefficient (Wildman–Crippen LogP) is 2.08. The van der Waals surface area contributed by atoms with Crippen molar-refractivity contribution in [2.45, 2.75) is 0 Å². The average molecular weight is 452 g/mol. The number of halogens is 1. The van der Waals surface area contributed by atoms with Crippen LogP contribution in [-0.4, -0.2) is 29.5 Å². The van der Waals surface area contributed by atoms with Crippen LogP contribution in [0.15, 0.2) is 53.6 Å². The lowest BCUT2D eigenvalue weighted by atomic mass is 10.2. The number of hydrogen-bond donors (Lipinski definition) is 2. The lowest BCUT2D eigenvalue weighted by molar-refractivity contribution is -0.385. The molecule has 0 saturated carbocycles. The van der Waals surface area contributed by atoms with Crippen LogP contribution in [0.5, 0.6) is 0 Å². The molecule has 9 heteroatoms. The van der Waals surface area contributed by atoms with Crippen molar-refractivity contribution in [1.29, 1.82) is 0 Å². The molecule has 0 bridgehead atoms. The lowest BCUT2D eigenvalue weighted by Gasteiger charge is -2.05. The van der Waals surface area contributed by atoms with Gasteiger partial charge in [-0.25, -0.2) is 5.43 Å². The highest BCUT2D eigenvalue weighted by molar-refractivity contribution is 14.1. The highest BCUT2D eigenvalue weighted by atomic mass is 127. The third kappa shape index (κ3) is 5.35. The number of nitro benzene ring substituents is 1. The van der Waals surface area contributed by atoms with E-state index in [9.17, 15) is 19.7 Å². The zero-order valence-corrected chi connectivity index (χ0v) is 15.0. The van der Waals surface area contributed by atoms with Gasteiger partial charge in [0.05, 0.1) is 28.8 Å². The first-order valence-electron chi connectivity index (χ1n) is 7.07. The Morgan fingerprint density at radius 1 is 1.16 bits per heavy atom. The predicted molar refractivity (Wildman–Crippen MR) is 100 cm³/mol. The van der Waals surface area contributed by atoms with E-state index < -0.39 is 10.8 Å². The number of rotatable bonds is 6. The molecule has 0 unspecified atom stereocenters. The van der Waals surface area contributed by atoms with Gasteiger partial charge in [-0.05, 0) is 40.8 Å². The van der Waals surface area contributed by atoms with Crippen LogP contribution in [-0.2, 0) is 4.79 Å². The molecule has 0 aliphatic carbocycles. The standard InChI is InChI=1S/C16H13IN4O4/c17-13-7-3-2-6-12(13)16(23)18-10-15(22)20-19-9-11-5-1-4-8-14(11)21(24)25/h1-9H,10H2,(H,18,23)(H,20,22). The maximum absolute atomic E-state index is 12.0. The number of nitro groups is 1. The maximum atomic E-state index is 12.0. The van der Waals surface area contributed by atoms with Crippen LogP contribution in [0.1, 0.15) is 15.9 Å². The third-order valence-corrected chi connectivity index (χ3v) is 4.00. The number of nitrogens with zero attached hydrogens (tertiary/aromatic N) is 2. The molecule has 0 aliphatic heterocycles. The topological polar surface area (TPSA) is 114 Å². The van der Waals surface area contributed by atoms with E-state index in [1.165, 1.54) is 24.4 Å². The molecule has 0 heterocycles. The Morgan fingerprint density at radius 2 is 1.84 bits per heavy atom. The molecule has 0 spiro atoms. The largest absolute Gasteiger partial charge is 0.343 e. The number of benzene rings is 2. The van der Waals surface area contributed by atoms with E-state index in [-0.39, 0.29) is 23.7 Å². The smallest absolute Gasteiger partial charge is 0.278 e. The van der Waals surface area contributed by atoms with Crippen LogP contribution >= 0.6 is 22.6 Å². The van der Waals surface area contributed by atoms with Crippen molar-refractivity contribution in [3.05, 3.63) is 73.3 Å². The Labute approximate surface area is 156 Å². The Hall–Kier alpha value is -2.82. The number of carbonyl (C=O) groups is 2. The number of nitrogens with one attached hydrogen (secondary N) is 2. The zero-order valence-electron chi connectivity index (χ0n) is 12.8. The molecule has 0 atom stereocenters. The Bertz CT molecular complexity index is 838. The van der Waals surface area contributed by atoms with Gasteiger partial charge in [-0.2, -0.15) is 5.10 Å². The minimum absolute atomic E-state index is 0.118. The number of hydrazone groups is 1. The molecule has 0 aliphatic rings. The summed E-state index contributed by atoms with van der Waals surface area (Å²) in [6.07, 6.45) is 1.18. The first-order valence-corrected chi connectivity index (χ1v) is 8.15. The molecule has 0 fully saturated rings. The molecule has 8 nitrogen and oxygen atoms in total. The monoisotopic (exact) mass is 452 g/mol. The van der Waals surface area contributed by atoms with E-state index in [1.54, 1.807) is 24.3 Å². The van der Waals surface area contributed by atoms with E-state index in [0.29, 0.717) is 5.56 Å². The Kier molecular flexibility index (Phi) is 6.57. The second-order valence-electron chi connectivity index (χ2n) is 4.77. The summed E-state index contributed by atoms with van der Waals surface area (Å²) in [5.74, 6) is -0.919. The molecular formula is C16H13IN4O4. The zero-order chi connectivity index (χ0) is 18.2. The van der Waals surface area contributed by atoms with Gasteiger partial charge in [0.15, 0.2) is 0 Å². The first-order chi connectivity index (χ1) is 12.0. The van der Waals surface area contributed by atoms with Crippen molar-refractivity contribution in [2.75, 3.05) is 6.54 Å². The number of hydrogen-bond acceptors (Lipinski definition) is 5. The van der Waals surface area contributed by atoms with E-state index in [0.717, 1.165) is 3.57 Å². The molecule has 2 rings (SSSR count). The molecule has 0 saturated heterocycles. The van der Waals surface area contributed by atoms with Crippen molar-refractivity contribution in [2.24, 2.45) is 5.10 Å². The fourth-order valence-electron chi connectivity index (χ4n) is 1.88. The van der Waals surface area contributed by atoms with Crippen LogP contribution in [0, 0.1) is 13.7 Å². The summed E-state index contributed by atoms with van der Waals surface area (Å²) in [6, 6.07) is 13.0. The lowest BCUT2D eigenvalue weighted by Crippen LogP contribution is -2.35. The average Bonchev–Trinajstić information content (AvgIpc) is 2.60. The van der Waals surface area contributed by atoms with E-state index >= 15 is 0 Å². The molecule has 2 amide bonds. The van der Waals surface area contributed by atoms with Crippen molar-refractivity contribution in [1.82, 2.24) is 10.7 Å². The van der Waals surface area contributed by atoms with Gasteiger partial charge < -0.3 is 5.32 Å². The fourth-order valence-corrected chi connectivity index (χ4v) is 2.51. The van der Waals surface area contributed by atoms with Gasteiger partial charge >= 0.3 is 0 Å². The highest BCUT2D eigenvalue weighted by Crippen LogP contribution is 2.15. The third-order valence-electron chi connectivity index (χ3n) is 3.05. The van der Waals surface area contributed by atoms with Crippen molar-refractivity contribution >= 4 is 46.3 Å². The summed E-state index contributed by atoms with van der Waals surface area (Å²) in [5, 5.41) is 17.0. The normalized spacial score (nSPS) is 10.4. The molecule has 2 aromatic carbocycles. The highest BCUT2D eigenvalue weighted by Gasteiger charge is 2.11. The summed E-state index contributed by atoms with van der Waals surface area (Å²) < 4.78 is 0.771. The Balaban J connectivity index is 1.88. The second kappa shape index (κ2) is 8.87. The van der Waals surface area contributed by atoms with E-state index in [1.807, 2.05) is 28.7 Å². The van der Waals surface area contributed by atoms with Gasteiger partial charge in [0.2, 0.25) is 0 Å². The van der Waals surface area contributed by atoms with Gasteiger partial charge in [-0.1, -0.05) is 24.3 Å².